The van der Waals surface area contributed by atoms with Crippen LogP contribution in [0.5, 0.6) is 5.75 Å². The fraction of sp³-hybridized carbons (Fsp3) is 0.158. The maximum absolute atomic E-state index is 12.2. The molecule has 0 bridgehead atoms. The van der Waals surface area contributed by atoms with Crippen LogP contribution < -0.4 is 5.32 Å². The van der Waals surface area contributed by atoms with Crippen molar-refractivity contribution in [3.63, 3.8) is 0 Å². The predicted molar refractivity (Wildman–Crippen MR) is 96.8 cm³/mol. The highest BCUT2D eigenvalue weighted by Crippen LogP contribution is 2.29. The largest absolute Gasteiger partial charge is 0.506 e. The first kappa shape index (κ1) is 17.0. The normalized spacial score (nSPS) is 11.9. The fourth-order valence-electron chi connectivity index (χ4n) is 2.52. The highest BCUT2D eigenvalue weighted by atomic mass is 32.1. The first-order valence-corrected chi connectivity index (χ1v) is 8.65. The van der Waals surface area contributed by atoms with E-state index in [9.17, 15) is 14.7 Å². The Morgan fingerprint density at radius 3 is 2.72 bits per heavy atom. The minimum Gasteiger partial charge on any atom is -0.506 e. The van der Waals surface area contributed by atoms with E-state index in [0.29, 0.717) is 5.39 Å². The third-order valence-electron chi connectivity index (χ3n) is 3.80. The third-order valence-corrected chi connectivity index (χ3v) is 4.86. The zero-order chi connectivity index (χ0) is 17.8. The van der Waals surface area contributed by atoms with Gasteiger partial charge in [0.1, 0.15) is 11.3 Å². The summed E-state index contributed by atoms with van der Waals surface area (Å²) in [5, 5.41) is 16.3. The molecule has 2 aromatic carbocycles. The number of hydrogen-bond donors (Lipinski definition) is 2. The van der Waals surface area contributed by atoms with Gasteiger partial charge in [-0.15, -0.1) is 11.3 Å². The summed E-state index contributed by atoms with van der Waals surface area (Å²) in [4.78, 5) is 25.1. The van der Waals surface area contributed by atoms with E-state index in [1.54, 1.807) is 29.5 Å². The van der Waals surface area contributed by atoms with Crippen molar-refractivity contribution in [1.82, 2.24) is 5.32 Å². The number of amides is 1. The van der Waals surface area contributed by atoms with E-state index in [4.69, 9.17) is 4.74 Å². The number of hydrogen-bond acceptors (Lipinski definition) is 5. The van der Waals surface area contributed by atoms with E-state index in [-0.39, 0.29) is 17.4 Å². The van der Waals surface area contributed by atoms with Gasteiger partial charge in [-0.1, -0.05) is 36.4 Å². The quantitative estimate of drug-likeness (QED) is 0.685. The molecule has 25 heavy (non-hydrogen) atoms. The number of rotatable bonds is 5. The van der Waals surface area contributed by atoms with Gasteiger partial charge in [0.15, 0.2) is 6.61 Å². The molecule has 3 aromatic rings. The van der Waals surface area contributed by atoms with E-state index in [1.807, 2.05) is 36.6 Å². The summed E-state index contributed by atoms with van der Waals surface area (Å²) in [6.07, 6.45) is 0. The second kappa shape index (κ2) is 7.36. The van der Waals surface area contributed by atoms with Gasteiger partial charge in [0.05, 0.1) is 6.04 Å². The Morgan fingerprint density at radius 2 is 1.96 bits per heavy atom. The van der Waals surface area contributed by atoms with Crippen molar-refractivity contribution in [3.05, 3.63) is 64.4 Å². The van der Waals surface area contributed by atoms with Crippen molar-refractivity contribution in [3.8, 4) is 5.75 Å². The summed E-state index contributed by atoms with van der Waals surface area (Å²) >= 11 is 1.54. The van der Waals surface area contributed by atoms with Crippen molar-refractivity contribution in [2.45, 2.75) is 13.0 Å². The van der Waals surface area contributed by atoms with Crippen molar-refractivity contribution in [2.24, 2.45) is 0 Å². The molecule has 128 valence electrons. The fourth-order valence-corrected chi connectivity index (χ4v) is 3.26. The molecule has 1 heterocycles. The summed E-state index contributed by atoms with van der Waals surface area (Å²) < 4.78 is 5.03. The Labute approximate surface area is 148 Å². The van der Waals surface area contributed by atoms with Gasteiger partial charge in [0.25, 0.3) is 5.91 Å². The molecule has 0 radical (unpaired) electrons. The lowest BCUT2D eigenvalue weighted by Crippen LogP contribution is -2.30. The molecular formula is C19H17NO4S. The van der Waals surface area contributed by atoms with Crippen LogP contribution in [0.1, 0.15) is 28.2 Å². The van der Waals surface area contributed by atoms with Crippen molar-refractivity contribution >= 4 is 34.0 Å². The van der Waals surface area contributed by atoms with Crippen LogP contribution in [0.4, 0.5) is 0 Å². The minimum atomic E-state index is -0.734. The summed E-state index contributed by atoms with van der Waals surface area (Å²) in [6.45, 7) is 1.46. The first-order valence-electron chi connectivity index (χ1n) is 7.77. The predicted octanol–water partition coefficient (Wildman–Crippen LogP) is 3.64. The lowest BCUT2D eigenvalue weighted by Gasteiger charge is -2.13. The second-order valence-electron chi connectivity index (χ2n) is 5.56. The number of carbonyl (C=O) groups is 2. The van der Waals surface area contributed by atoms with Crippen LogP contribution in [0.15, 0.2) is 53.9 Å². The Morgan fingerprint density at radius 1 is 1.16 bits per heavy atom. The minimum absolute atomic E-state index is 0.0396. The van der Waals surface area contributed by atoms with Crippen molar-refractivity contribution < 1.29 is 19.4 Å². The van der Waals surface area contributed by atoms with Crippen molar-refractivity contribution in [2.75, 3.05) is 6.61 Å². The Balaban J connectivity index is 1.63. The van der Waals surface area contributed by atoms with Crippen LogP contribution >= 0.6 is 11.3 Å². The van der Waals surface area contributed by atoms with E-state index in [2.05, 4.69) is 5.32 Å². The molecule has 0 aliphatic carbocycles. The van der Waals surface area contributed by atoms with E-state index in [0.717, 1.165) is 10.3 Å². The zero-order valence-corrected chi connectivity index (χ0v) is 14.4. The van der Waals surface area contributed by atoms with Gasteiger partial charge in [-0.25, -0.2) is 4.79 Å². The van der Waals surface area contributed by atoms with Crippen molar-refractivity contribution in [1.29, 1.82) is 0 Å². The smallest absolute Gasteiger partial charge is 0.342 e. The van der Waals surface area contributed by atoms with Gasteiger partial charge >= 0.3 is 5.97 Å². The highest BCUT2D eigenvalue weighted by molar-refractivity contribution is 7.10. The van der Waals surface area contributed by atoms with Crippen LogP contribution in [-0.4, -0.2) is 23.6 Å². The first-order chi connectivity index (χ1) is 12.1. The number of fused-ring (bicyclic) bond motifs is 1. The number of phenolic OH excluding ortho intramolecular Hbond substituents is 1. The SMILES string of the molecule is C[C@@H](NC(=O)COC(=O)c1ccc2ccccc2c1O)c1cccs1. The molecule has 0 unspecified atom stereocenters. The number of ether oxygens (including phenoxy) is 1. The molecule has 1 aromatic heterocycles. The number of benzene rings is 2. The van der Waals surface area contributed by atoms with Crippen LogP contribution in [-0.2, 0) is 9.53 Å². The number of thiophene rings is 1. The van der Waals surface area contributed by atoms with Gasteiger partial charge in [-0.2, -0.15) is 0 Å². The lowest BCUT2D eigenvalue weighted by molar-refractivity contribution is -0.124. The number of nitrogens with one attached hydrogen (secondary N) is 1. The molecule has 6 heteroatoms. The average Bonchev–Trinajstić information content (AvgIpc) is 3.15. The Kier molecular flexibility index (Phi) is 5.00. The van der Waals surface area contributed by atoms with Crippen LogP contribution in [0.2, 0.25) is 0 Å². The summed E-state index contributed by atoms with van der Waals surface area (Å²) in [6, 6.07) is 14.1. The van der Waals surface area contributed by atoms with Crippen LogP contribution in [0.3, 0.4) is 0 Å². The number of esters is 1. The summed E-state index contributed by atoms with van der Waals surface area (Å²) in [5.41, 5.74) is 0.0396. The maximum Gasteiger partial charge on any atom is 0.342 e. The molecule has 0 aliphatic heterocycles. The summed E-state index contributed by atoms with van der Waals surface area (Å²) in [7, 11) is 0. The molecule has 0 aliphatic rings. The van der Waals surface area contributed by atoms with Gasteiger partial charge < -0.3 is 15.2 Å². The number of carbonyl (C=O) groups excluding carboxylic acids is 2. The average molecular weight is 355 g/mol. The van der Waals surface area contributed by atoms with E-state index >= 15 is 0 Å². The van der Waals surface area contributed by atoms with Gasteiger partial charge in [0, 0.05) is 10.3 Å². The molecule has 3 rings (SSSR count). The van der Waals surface area contributed by atoms with Crippen LogP contribution in [0, 0.1) is 0 Å². The molecule has 0 saturated heterocycles. The Bertz CT molecular complexity index is 905. The molecule has 0 fully saturated rings. The Hall–Kier alpha value is -2.86. The number of phenols is 1. The molecule has 5 nitrogen and oxygen atoms in total. The standard InChI is InChI=1S/C19H17NO4S/c1-12(16-7-4-10-25-16)20-17(21)11-24-19(23)15-9-8-13-5-2-3-6-14(13)18(15)22/h2-10,12,22H,11H2,1H3,(H,20,21)/t12-/m1/s1. The molecular weight excluding hydrogens is 338 g/mol. The second-order valence-corrected chi connectivity index (χ2v) is 6.54. The zero-order valence-electron chi connectivity index (χ0n) is 13.6. The molecule has 2 N–H and O–H groups in total. The number of aromatic hydroxyl groups is 1. The summed E-state index contributed by atoms with van der Waals surface area (Å²) in [5.74, 6) is -1.27. The molecule has 0 spiro atoms. The van der Waals surface area contributed by atoms with E-state index < -0.39 is 18.5 Å². The lowest BCUT2D eigenvalue weighted by atomic mass is 10.1. The topological polar surface area (TPSA) is 75.6 Å². The van der Waals surface area contributed by atoms with Gasteiger partial charge in [0.2, 0.25) is 0 Å². The molecule has 0 saturated carbocycles. The van der Waals surface area contributed by atoms with Gasteiger partial charge in [-0.3, -0.25) is 4.79 Å². The molecule has 1 amide bonds. The highest BCUT2D eigenvalue weighted by Gasteiger charge is 2.17. The van der Waals surface area contributed by atoms with E-state index in [1.165, 1.54) is 6.07 Å². The third kappa shape index (κ3) is 3.80. The van der Waals surface area contributed by atoms with Gasteiger partial charge in [-0.05, 0) is 29.8 Å². The maximum atomic E-state index is 12.2. The monoisotopic (exact) mass is 355 g/mol. The van der Waals surface area contributed by atoms with Crippen LogP contribution in [0.25, 0.3) is 10.8 Å². The molecule has 1 atom stereocenters.